The number of benzene rings is 2. The molecule has 43 heavy (non-hydrogen) atoms. The minimum absolute atomic E-state index is 0.0274. The molecular weight excluding hydrogens is 588 g/mol. The van der Waals surface area contributed by atoms with Crippen LogP contribution in [0.25, 0.3) is 0 Å². The largest absolute Gasteiger partial charge is 0.490 e. The minimum Gasteiger partial charge on any atom is -0.490 e. The van der Waals surface area contributed by atoms with Gasteiger partial charge in [-0.25, -0.2) is 13.1 Å². The van der Waals surface area contributed by atoms with E-state index >= 15 is 0 Å². The van der Waals surface area contributed by atoms with Crippen molar-refractivity contribution in [3.05, 3.63) is 70.0 Å². The highest BCUT2D eigenvalue weighted by atomic mass is 35.5. The second kappa shape index (κ2) is 10.8. The van der Waals surface area contributed by atoms with E-state index in [0.29, 0.717) is 50.2 Å². The van der Waals surface area contributed by atoms with Crippen molar-refractivity contribution in [1.82, 2.24) is 14.5 Å². The number of aryl methyl sites for hydroxylation is 2. The Balaban J connectivity index is 1.29. The Hall–Kier alpha value is -3.08. The fourth-order valence-electron chi connectivity index (χ4n) is 7.19. The highest BCUT2D eigenvalue weighted by molar-refractivity contribution is 7.90. The van der Waals surface area contributed by atoms with E-state index in [-0.39, 0.29) is 16.4 Å². The summed E-state index contributed by atoms with van der Waals surface area (Å²) in [6, 6.07) is 12.9. The first-order valence-corrected chi connectivity index (χ1v) is 17.0. The zero-order valence-electron chi connectivity index (χ0n) is 24.5. The van der Waals surface area contributed by atoms with Crippen molar-refractivity contribution >= 4 is 33.2 Å². The number of carbonyl (C=O) groups is 1. The van der Waals surface area contributed by atoms with Gasteiger partial charge in [-0.15, -0.1) is 0 Å². The fraction of sp³-hybridized carbons (Fsp3) is 0.500. The number of hydrogen-bond acceptors (Lipinski definition) is 7. The van der Waals surface area contributed by atoms with Gasteiger partial charge in [-0.1, -0.05) is 17.7 Å². The van der Waals surface area contributed by atoms with Crippen LogP contribution in [0.1, 0.15) is 61.0 Å². The van der Waals surface area contributed by atoms with Crippen molar-refractivity contribution in [2.75, 3.05) is 31.2 Å². The van der Waals surface area contributed by atoms with Crippen LogP contribution in [-0.4, -0.2) is 56.5 Å². The van der Waals surface area contributed by atoms with Crippen LogP contribution in [0.5, 0.6) is 5.75 Å². The topological polar surface area (TPSA) is 103 Å². The molecule has 0 saturated heterocycles. The second-order valence-corrected chi connectivity index (χ2v) is 14.7. The van der Waals surface area contributed by atoms with Crippen molar-refractivity contribution in [3.63, 3.8) is 0 Å². The van der Waals surface area contributed by atoms with Crippen molar-refractivity contribution < 1.29 is 22.7 Å². The molecule has 0 radical (unpaired) electrons. The molecule has 2 aromatic carbocycles. The summed E-state index contributed by atoms with van der Waals surface area (Å²) in [5.41, 5.74) is 4.38. The maximum Gasteiger partial charge on any atom is 0.264 e. The third kappa shape index (κ3) is 5.21. The number of rotatable bonds is 0. The van der Waals surface area contributed by atoms with Gasteiger partial charge in [-0.2, -0.15) is 5.10 Å². The lowest BCUT2D eigenvalue weighted by molar-refractivity contribution is -0.120. The number of hydrogen-bond donors (Lipinski definition) is 1. The monoisotopic (exact) mass is 624 g/mol. The first-order valence-electron chi connectivity index (χ1n) is 15.2. The van der Waals surface area contributed by atoms with Crippen molar-refractivity contribution in [1.29, 1.82) is 0 Å². The van der Waals surface area contributed by atoms with Gasteiger partial charge in [0.2, 0.25) is 5.91 Å². The lowest BCUT2D eigenvalue weighted by atomic mass is 9.70. The Kier molecular flexibility index (Phi) is 7.22. The summed E-state index contributed by atoms with van der Waals surface area (Å²) >= 11 is 6.39. The number of nitrogens with one attached hydrogen (secondary N) is 1. The summed E-state index contributed by atoms with van der Waals surface area (Å²) in [5, 5.41) is 5.33. The van der Waals surface area contributed by atoms with E-state index in [1.165, 1.54) is 17.2 Å². The molecule has 1 spiro atoms. The highest BCUT2D eigenvalue weighted by Crippen LogP contribution is 2.46. The fourth-order valence-corrected chi connectivity index (χ4v) is 8.46. The third-order valence-electron chi connectivity index (χ3n) is 9.83. The smallest absolute Gasteiger partial charge is 0.264 e. The first kappa shape index (κ1) is 28.7. The summed E-state index contributed by atoms with van der Waals surface area (Å²) in [6.07, 6.45) is 5.09. The van der Waals surface area contributed by atoms with E-state index in [1.807, 2.05) is 23.7 Å². The minimum atomic E-state index is -4.15. The van der Waals surface area contributed by atoms with Gasteiger partial charge in [-0.05, 0) is 93.5 Å². The Labute approximate surface area is 257 Å². The molecule has 11 heteroatoms. The molecule has 1 amide bonds. The molecule has 1 unspecified atom stereocenters. The molecular formula is C32H37ClN4O5S. The number of fused-ring (bicyclic) bond motifs is 6. The van der Waals surface area contributed by atoms with Gasteiger partial charge in [0.25, 0.3) is 10.0 Å². The quantitative estimate of drug-likeness (QED) is 0.386. The van der Waals surface area contributed by atoms with Crippen molar-refractivity contribution in [2.45, 2.75) is 74.8 Å². The molecule has 3 heterocycles. The summed E-state index contributed by atoms with van der Waals surface area (Å²) in [5.74, 6) is -0.432. The normalized spacial score (nSPS) is 28.4. The molecule has 2 aliphatic carbocycles. The first-order chi connectivity index (χ1) is 20.6. The van der Waals surface area contributed by atoms with E-state index in [4.69, 9.17) is 21.1 Å². The van der Waals surface area contributed by atoms with Crippen LogP contribution in [0.4, 0.5) is 5.69 Å². The maximum absolute atomic E-state index is 13.6. The summed E-state index contributed by atoms with van der Waals surface area (Å²) in [6.45, 7) is 6.55. The molecule has 1 fully saturated rings. The molecule has 1 N–H and O–H groups in total. The van der Waals surface area contributed by atoms with E-state index in [0.717, 1.165) is 48.5 Å². The molecule has 2 aliphatic heterocycles. The average Bonchev–Trinajstić information content (AvgIpc) is 3.26. The zero-order valence-corrected chi connectivity index (χ0v) is 26.1. The lowest BCUT2D eigenvalue weighted by Crippen LogP contribution is -2.49. The Morgan fingerprint density at radius 2 is 2.00 bits per heavy atom. The Morgan fingerprint density at radius 1 is 1.14 bits per heavy atom. The van der Waals surface area contributed by atoms with Crippen LogP contribution < -0.4 is 14.4 Å². The predicted molar refractivity (Wildman–Crippen MR) is 163 cm³/mol. The van der Waals surface area contributed by atoms with E-state index in [2.05, 4.69) is 26.9 Å². The van der Waals surface area contributed by atoms with Crippen LogP contribution >= 0.6 is 11.6 Å². The van der Waals surface area contributed by atoms with Gasteiger partial charge >= 0.3 is 0 Å². The van der Waals surface area contributed by atoms with Crippen molar-refractivity contribution in [2.24, 2.45) is 5.92 Å². The third-order valence-corrected chi connectivity index (χ3v) is 11.4. The zero-order chi connectivity index (χ0) is 29.9. The number of carbonyl (C=O) groups excluding carboxylic acids is 1. The second-order valence-electron chi connectivity index (χ2n) is 12.6. The van der Waals surface area contributed by atoms with E-state index < -0.39 is 21.8 Å². The van der Waals surface area contributed by atoms with E-state index in [1.54, 1.807) is 19.1 Å². The Morgan fingerprint density at radius 3 is 2.81 bits per heavy atom. The number of anilines is 1. The number of sulfonamides is 1. The van der Waals surface area contributed by atoms with Gasteiger partial charge in [-0.3, -0.25) is 9.48 Å². The molecule has 4 bridgehead atoms. The number of amides is 1. The van der Waals surface area contributed by atoms with Gasteiger partial charge in [0.15, 0.2) is 0 Å². The molecule has 4 atom stereocenters. The average molecular weight is 625 g/mol. The summed E-state index contributed by atoms with van der Waals surface area (Å²) in [4.78, 5) is 15.5. The molecule has 3 aromatic rings. The van der Waals surface area contributed by atoms with Crippen LogP contribution in [0.2, 0.25) is 5.02 Å². The standard InChI is InChI=1S/C32H37ClN4O5S/c1-20-14-27-21(2)31(38)35-43(39,40)25-7-10-30-28(16-25)36(17-23-5-9-29(23)41-13-12-37(20)34-27)18-32(19-42-30)11-3-4-22-15-24(33)6-8-26(22)32/h6-8,10,14-16,21,23,29H,3-5,9,11-13,17-19H2,1-2H3,(H,35,38)/t21?,23-,29+,32-/m0/s1. The summed E-state index contributed by atoms with van der Waals surface area (Å²) in [7, 11) is -4.15. The predicted octanol–water partition coefficient (Wildman–Crippen LogP) is 4.74. The molecule has 1 saturated carbocycles. The Bertz CT molecular complexity index is 1690. The van der Waals surface area contributed by atoms with Crippen molar-refractivity contribution in [3.8, 4) is 5.75 Å². The number of halogens is 1. The van der Waals surface area contributed by atoms with Crippen LogP contribution in [-0.2, 0) is 37.9 Å². The molecule has 9 nitrogen and oxygen atoms in total. The van der Waals surface area contributed by atoms with Gasteiger partial charge < -0.3 is 14.4 Å². The molecule has 4 aliphatic rings. The number of aromatic nitrogens is 2. The number of nitrogens with zero attached hydrogens (tertiary/aromatic N) is 3. The molecule has 1 aromatic heterocycles. The van der Waals surface area contributed by atoms with Crippen LogP contribution in [0, 0.1) is 12.8 Å². The maximum atomic E-state index is 13.6. The van der Waals surface area contributed by atoms with Gasteiger partial charge in [0.1, 0.15) is 5.75 Å². The molecule has 228 valence electrons. The lowest BCUT2D eigenvalue weighted by Gasteiger charge is -2.44. The number of ether oxygens (including phenoxy) is 2. The molecule has 7 rings (SSSR count). The summed E-state index contributed by atoms with van der Waals surface area (Å²) < 4.78 is 44.2. The van der Waals surface area contributed by atoms with Crippen LogP contribution in [0.3, 0.4) is 0 Å². The van der Waals surface area contributed by atoms with Gasteiger partial charge in [0.05, 0.1) is 48.1 Å². The van der Waals surface area contributed by atoms with Gasteiger partial charge in [0, 0.05) is 35.1 Å². The van der Waals surface area contributed by atoms with Crippen LogP contribution in [0.15, 0.2) is 47.4 Å². The SMILES string of the molecule is Cc1cc2nn1CCO[C@@H]1CC[C@H]1CN1C[C@@]3(CCCc4cc(Cl)ccc43)COc3ccc(cc31)S(=O)(=O)NC(=O)C2C. The van der Waals surface area contributed by atoms with E-state index in [9.17, 15) is 13.2 Å². The highest BCUT2D eigenvalue weighted by Gasteiger charge is 2.44.